The zero-order chi connectivity index (χ0) is 17.6. The van der Waals surface area contributed by atoms with Crippen molar-refractivity contribution in [3.05, 3.63) is 46.7 Å². The van der Waals surface area contributed by atoms with Gasteiger partial charge in [0.25, 0.3) is 5.91 Å². The van der Waals surface area contributed by atoms with Gasteiger partial charge in [-0.05, 0) is 36.1 Å². The van der Waals surface area contributed by atoms with Crippen molar-refractivity contribution >= 4 is 40.4 Å². The van der Waals surface area contributed by atoms with Gasteiger partial charge in [-0.3, -0.25) is 9.59 Å². The van der Waals surface area contributed by atoms with E-state index >= 15 is 0 Å². The molecule has 0 spiro atoms. The molecule has 1 fully saturated rings. The van der Waals surface area contributed by atoms with E-state index in [0.717, 1.165) is 17.7 Å². The number of amidine groups is 1. The molecule has 7 nitrogen and oxygen atoms in total. The number of benzene rings is 1. The van der Waals surface area contributed by atoms with Gasteiger partial charge in [0.05, 0.1) is 0 Å². The highest BCUT2D eigenvalue weighted by Gasteiger charge is 2.21. The molecule has 0 aliphatic carbocycles. The fourth-order valence-corrected chi connectivity index (χ4v) is 3.14. The van der Waals surface area contributed by atoms with Gasteiger partial charge in [0.15, 0.2) is 12.4 Å². The Hall–Kier alpha value is -2.87. The molecule has 0 radical (unpaired) electrons. The second kappa shape index (κ2) is 7.80. The van der Waals surface area contributed by atoms with E-state index in [1.165, 1.54) is 11.3 Å². The van der Waals surface area contributed by atoms with Crippen LogP contribution in [0.1, 0.15) is 18.4 Å². The van der Waals surface area contributed by atoms with Crippen molar-refractivity contribution in [2.75, 3.05) is 23.4 Å². The number of hydrogen-bond acceptors (Lipinski definition) is 5. The molecule has 25 heavy (non-hydrogen) atoms. The molecule has 130 valence electrons. The van der Waals surface area contributed by atoms with Crippen LogP contribution in [0.3, 0.4) is 0 Å². The summed E-state index contributed by atoms with van der Waals surface area (Å²) < 4.78 is 0. The average molecular weight is 358 g/mol. The molecule has 2 heterocycles. The van der Waals surface area contributed by atoms with Crippen LogP contribution in [-0.4, -0.2) is 30.8 Å². The van der Waals surface area contributed by atoms with Crippen molar-refractivity contribution in [1.29, 1.82) is 0 Å². The number of hydrogen-bond donors (Lipinski definition) is 2. The van der Waals surface area contributed by atoms with Gasteiger partial charge in [0.1, 0.15) is 0 Å². The Bertz CT molecular complexity index is 789. The first-order chi connectivity index (χ1) is 12.1. The van der Waals surface area contributed by atoms with Crippen LogP contribution in [-0.2, 0) is 14.4 Å². The Morgan fingerprint density at radius 3 is 3.00 bits per heavy atom. The van der Waals surface area contributed by atoms with E-state index in [9.17, 15) is 9.59 Å². The lowest BCUT2D eigenvalue weighted by atomic mass is 10.2. The van der Waals surface area contributed by atoms with E-state index in [-0.39, 0.29) is 24.3 Å². The highest BCUT2D eigenvalue weighted by molar-refractivity contribution is 7.08. The summed E-state index contributed by atoms with van der Waals surface area (Å²) in [6.45, 7) is 0.452. The zero-order valence-electron chi connectivity index (χ0n) is 13.5. The van der Waals surface area contributed by atoms with Crippen molar-refractivity contribution in [3.8, 4) is 0 Å². The van der Waals surface area contributed by atoms with Gasteiger partial charge in [0.2, 0.25) is 5.91 Å². The quantitative estimate of drug-likeness (QED) is 0.470. The first kappa shape index (κ1) is 17.0. The summed E-state index contributed by atoms with van der Waals surface area (Å²) in [7, 11) is 0. The van der Waals surface area contributed by atoms with Crippen LogP contribution in [0.2, 0.25) is 0 Å². The number of thiophene rings is 1. The van der Waals surface area contributed by atoms with E-state index < -0.39 is 0 Å². The average Bonchev–Trinajstić information content (AvgIpc) is 3.26. The summed E-state index contributed by atoms with van der Waals surface area (Å²) in [6, 6.07) is 8.98. The molecular formula is C17H18N4O3S. The molecule has 2 amide bonds. The Morgan fingerprint density at radius 1 is 1.40 bits per heavy atom. The highest BCUT2D eigenvalue weighted by atomic mass is 32.1. The van der Waals surface area contributed by atoms with E-state index in [2.05, 4.69) is 10.5 Å². The number of anilines is 2. The van der Waals surface area contributed by atoms with Gasteiger partial charge in [-0.25, -0.2) is 0 Å². The van der Waals surface area contributed by atoms with E-state index in [1.807, 2.05) is 22.9 Å². The predicted molar refractivity (Wildman–Crippen MR) is 97.7 cm³/mol. The lowest BCUT2D eigenvalue weighted by Crippen LogP contribution is -2.24. The third kappa shape index (κ3) is 4.36. The Morgan fingerprint density at radius 2 is 2.28 bits per heavy atom. The molecule has 0 saturated carbocycles. The number of nitrogens with zero attached hydrogens (tertiary/aromatic N) is 2. The first-order valence-electron chi connectivity index (χ1n) is 7.82. The zero-order valence-corrected chi connectivity index (χ0v) is 14.3. The maximum absolute atomic E-state index is 12.0. The van der Waals surface area contributed by atoms with Crippen LogP contribution in [0.5, 0.6) is 0 Å². The summed E-state index contributed by atoms with van der Waals surface area (Å²) >= 11 is 1.50. The van der Waals surface area contributed by atoms with Gasteiger partial charge in [-0.1, -0.05) is 11.2 Å². The molecular weight excluding hydrogens is 340 g/mol. The standard InChI is InChI=1S/C17H18N4O3S/c18-17(12-6-8-25-11-12)20-24-10-15(22)19-13-3-1-4-14(9-13)21-7-2-5-16(21)23/h1,3-4,6,8-9,11H,2,5,7,10H2,(H2,18,20)(H,19,22). The van der Waals surface area contributed by atoms with Crippen molar-refractivity contribution in [1.82, 2.24) is 0 Å². The van der Waals surface area contributed by atoms with Crippen molar-refractivity contribution < 1.29 is 14.4 Å². The molecule has 2 aromatic rings. The van der Waals surface area contributed by atoms with Crippen molar-refractivity contribution in [2.45, 2.75) is 12.8 Å². The fourth-order valence-electron chi connectivity index (χ4n) is 2.49. The lowest BCUT2D eigenvalue weighted by Gasteiger charge is -2.16. The Kier molecular flexibility index (Phi) is 5.30. The van der Waals surface area contributed by atoms with E-state index in [1.54, 1.807) is 23.1 Å². The van der Waals surface area contributed by atoms with Crippen LogP contribution in [0.25, 0.3) is 0 Å². The number of amides is 2. The summed E-state index contributed by atoms with van der Waals surface area (Å²) in [5, 5.41) is 10.2. The molecule has 3 N–H and O–H groups in total. The monoisotopic (exact) mass is 358 g/mol. The number of carbonyl (C=O) groups excluding carboxylic acids is 2. The number of nitrogens with two attached hydrogens (primary N) is 1. The maximum atomic E-state index is 12.0. The minimum Gasteiger partial charge on any atom is -0.384 e. The van der Waals surface area contributed by atoms with Crippen LogP contribution < -0.4 is 16.0 Å². The summed E-state index contributed by atoms with van der Waals surface area (Å²) in [5.41, 5.74) is 7.88. The Labute approximate surface area is 149 Å². The van der Waals surface area contributed by atoms with Gasteiger partial charge in [-0.15, -0.1) is 0 Å². The first-order valence-corrected chi connectivity index (χ1v) is 8.76. The van der Waals surface area contributed by atoms with Crippen LogP contribution in [0, 0.1) is 0 Å². The van der Waals surface area contributed by atoms with Crippen molar-refractivity contribution in [2.24, 2.45) is 10.9 Å². The number of rotatable bonds is 6. The normalized spacial score (nSPS) is 14.6. The minimum atomic E-state index is -0.355. The lowest BCUT2D eigenvalue weighted by molar-refractivity contribution is -0.120. The molecule has 1 saturated heterocycles. The largest absolute Gasteiger partial charge is 0.384 e. The van der Waals surface area contributed by atoms with Crippen molar-refractivity contribution in [3.63, 3.8) is 0 Å². The second-order valence-corrected chi connectivity index (χ2v) is 6.29. The van der Waals surface area contributed by atoms with Gasteiger partial charge >= 0.3 is 0 Å². The molecule has 0 atom stereocenters. The number of oxime groups is 1. The van der Waals surface area contributed by atoms with Crippen LogP contribution in [0.4, 0.5) is 11.4 Å². The van der Waals surface area contributed by atoms with Gasteiger partial charge in [-0.2, -0.15) is 11.3 Å². The highest BCUT2D eigenvalue weighted by Crippen LogP contribution is 2.24. The third-order valence-electron chi connectivity index (χ3n) is 3.69. The topological polar surface area (TPSA) is 97.0 Å². The predicted octanol–water partition coefficient (Wildman–Crippen LogP) is 2.15. The molecule has 8 heteroatoms. The second-order valence-electron chi connectivity index (χ2n) is 5.51. The molecule has 0 unspecified atom stereocenters. The molecule has 1 aromatic carbocycles. The Balaban J connectivity index is 1.54. The number of carbonyl (C=O) groups is 2. The molecule has 1 aromatic heterocycles. The van der Waals surface area contributed by atoms with Gasteiger partial charge < -0.3 is 20.8 Å². The fraction of sp³-hybridized carbons (Fsp3) is 0.235. The molecule has 1 aliphatic rings. The smallest absolute Gasteiger partial charge is 0.265 e. The third-order valence-corrected chi connectivity index (χ3v) is 4.37. The SMILES string of the molecule is N/C(=N/OCC(=O)Nc1cccc(N2CCCC2=O)c1)c1ccsc1. The molecule has 1 aliphatic heterocycles. The van der Waals surface area contributed by atoms with Gasteiger partial charge in [0, 0.05) is 35.3 Å². The maximum Gasteiger partial charge on any atom is 0.265 e. The van der Waals surface area contributed by atoms with Crippen LogP contribution in [0.15, 0.2) is 46.2 Å². The van der Waals surface area contributed by atoms with E-state index in [4.69, 9.17) is 10.6 Å². The van der Waals surface area contributed by atoms with E-state index in [0.29, 0.717) is 18.7 Å². The van der Waals surface area contributed by atoms with Crippen LogP contribution >= 0.6 is 11.3 Å². The minimum absolute atomic E-state index is 0.102. The molecule has 3 rings (SSSR count). The summed E-state index contributed by atoms with van der Waals surface area (Å²) in [6.07, 6.45) is 1.42. The summed E-state index contributed by atoms with van der Waals surface area (Å²) in [5.74, 6) is -0.0274. The molecule has 0 bridgehead atoms. The number of nitrogens with one attached hydrogen (secondary N) is 1. The summed E-state index contributed by atoms with van der Waals surface area (Å²) in [4.78, 5) is 30.5.